The number of carbonyl (C=O) groups excluding carboxylic acids is 2. The number of piperidine rings is 1. The van der Waals surface area contributed by atoms with E-state index in [4.69, 9.17) is 0 Å². The van der Waals surface area contributed by atoms with Crippen molar-refractivity contribution < 1.29 is 9.59 Å². The number of rotatable bonds is 4. The molecule has 0 spiro atoms. The van der Waals surface area contributed by atoms with E-state index in [1.807, 2.05) is 42.5 Å². The molecule has 2 aromatic rings. The number of amides is 1. The van der Waals surface area contributed by atoms with Crippen molar-refractivity contribution in [2.75, 3.05) is 23.3 Å². The van der Waals surface area contributed by atoms with Crippen LogP contribution in [-0.2, 0) is 4.79 Å². The molecule has 0 unspecified atom stereocenters. The Bertz CT molecular complexity index is 766. The Labute approximate surface area is 161 Å². The molecule has 1 saturated heterocycles. The summed E-state index contributed by atoms with van der Waals surface area (Å²) >= 11 is 2.29. The smallest absolute Gasteiger partial charge is 0.227 e. The summed E-state index contributed by atoms with van der Waals surface area (Å²) in [4.78, 5) is 25.5. The van der Waals surface area contributed by atoms with Crippen molar-refractivity contribution >= 4 is 46.2 Å². The number of anilines is 2. The molecule has 1 aliphatic rings. The quantitative estimate of drug-likeness (QED) is 0.562. The van der Waals surface area contributed by atoms with Gasteiger partial charge in [0, 0.05) is 39.5 Å². The van der Waals surface area contributed by atoms with Gasteiger partial charge in [-0.25, -0.2) is 0 Å². The second-order valence-corrected chi connectivity index (χ2v) is 7.59. The fourth-order valence-corrected chi connectivity index (χ4v) is 3.59. The zero-order valence-electron chi connectivity index (χ0n) is 14.2. The number of aldehydes is 1. The van der Waals surface area contributed by atoms with Crippen LogP contribution < -0.4 is 10.2 Å². The molecule has 0 atom stereocenters. The van der Waals surface area contributed by atoms with E-state index in [0.717, 1.165) is 47.2 Å². The molecule has 1 fully saturated rings. The number of halogens is 1. The van der Waals surface area contributed by atoms with Gasteiger partial charge in [-0.15, -0.1) is 0 Å². The van der Waals surface area contributed by atoms with Crippen LogP contribution in [0.3, 0.4) is 0 Å². The number of carbonyl (C=O) groups is 2. The highest BCUT2D eigenvalue weighted by molar-refractivity contribution is 14.1. The molecule has 0 radical (unpaired) electrons. The predicted octanol–water partition coefficient (Wildman–Crippen LogP) is 4.27. The highest BCUT2D eigenvalue weighted by Crippen LogP contribution is 2.25. The van der Waals surface area contributed by atoms with Crippen molar-refractivity contribution in [1.29, 1.82) is 0 Å². The minimum absolute atomic E-state index is 0.0458. The SMILES string of the molecule is Cc1ccc(NC(=O)C2CCN(c3ccc(C=O)cc3)CC2)cc1I. The van der Waals surface area contributed by atoms with Crippen LogP contribution in [0, 0.1) is 16.4 Å². The van der Waals surface area contributed by atoms with E-state index >= 15 is 0 Å². The third kappa shape index (κ3) is 4.39. The van der Waals surface area contributed by atoms with Crippen LogP contribution in [-0.4, -0.2) is 25.3 Å². The maximum Gasteiger partial charge on any atom is 0.227 e. The zero-order chi connectivity index (χ0) is 17.8. The number of hydrogen-bond donors (Lipinski definition) is 1. The lowest BCUT2D eigenvalue weighted by Gasteiger charge is -2.33. The summed E-state index contributed by atoms with van der Waals surface area (Å²) in [6, 6.07) is 13.6. The third-order valence-electron chi connectivity index (χ3n) is 4.70. The van der Waals surface area contributed by atoms with Crippen LogP contribution in [0.5, 0.6) is 0 Å². The molecule has 1 aliphatic heterocycles. The summed E-state index contributed by atoms with van der Waals surface area (Å²) in [5.74, 6) is 0.153. The van der Waals surface area contributed by atoms with Crippen LogP contribution in [0.2, 0.25) is 0 Å². The minimum Gasteiger partial charge on any atom is -0.371 e. The van der Waals surface area contributed by atoms with Crippen molar-refractivity contribution in [3.8, 4) is 0 Å². The van der Waals surface area contributed by atoms with Gasteiger partial charge in [-0.3, -0.25) is 9.59 Å². The average Bonchev–Trinajstić information content (AvgIpc) is 2.65. The number of nitrogens with zero attached hydrogens (tertiary/aromatic N) is 1. The molecule has 1 heterocycles. The summed E-state index contributed by atoms with van der Waals surface area (Å²) in [6.07, 6.45) is 2.53. The molecule has 0 bridgehead atoms. The first kappa shape index (κ1) is 17.9. The summed E-state index contributed by atoms with van der Waals surface area (Å²) in [5.41, 5.74) is 3.88. The van der Waals surface area contributed by atoms with Gasteiger partial charge in [-0.2, -0.15) is 0 Å². The lowest BCUT2D eigenvalue weighted by atomic mass is 9.95. The molecule has 1 N–H and O–H groups in total. The average molecular weight is 448 g/mol. The van der Waals surface area contributed by atoms with Crippen molar-refractivity contribution in [3.05, 3.63) is 57.2 Å². The van der Waals surface area contributed by atoms with Gasteiger partial charge in [0.1, 0.15) is 6.29 Å². The van der Waals surface area contributed by atoms with Crippen molar-refractivity contribution in [2.45, 2.75) is 19.8 Å². The van der Waals surface area contributed by atoms with Gasteiger partial charge in [0.15, 0.2) is 0 Å². The van der Waals surface area contributed by atoms with Crippen molar-refractivity contribution in [2.24, 2.45) is 5.92 Å². The maximum absolute atomic E-state index is 12.5. The molecule has 0 aromatic heterocycles. The summed E-state index contributed by atoms with van der Waals surface area (Å²) in [6.45, 7) is 3.76. The molecule has 1 amide bonds. The number of nitrogens with one attached hydrogen (secondary N) is 1. The Kier molecular flexibility index (Phi) is 5.73. The van der Waals surface area contributed by atoms with Gasteiger partial charge in [0.2, 0.25) is 5.91 Å². The highest BCUT2D eigenvalue weighted by atomic mass is 127. The minimum atomic E-state index is 0.0458. The number of hydrogen-bond acceptors (Lipinski definition) is 3. The molecule has 0 aliphatic carbocycles. The molecule has 4 nitrogen and oxygen atoms in total. The fourth-order valence-electron chi connectivity index (χ4n) is 3.08. The van der Waals surface area contributed by atoms with Gasteiger partial charge in [0.05, 0.1) is 0 Å². The van der Waals surface area contributed by atoms with Crippen molar-refractivity contribution in [1.82, 2.24) is 0 Å². The first-order valence-electron chi connectivity index (χ1n) is 8.44. The second-order valence-electron chi connectivity index (χ2n) is 6.42. The van der Waals surface area contributed by atoms with E-state index in [0.29, 0.717) is 5.56 Å². The Balaban J connectivity index is 1.56. The molecule has 2 aromatic carbocycles. The fraction of sp³-hybridized carbons (Fsp3) is 0.300. The predicted molar refractivity (Wildman–Crippen MR) is 109 cm³/mol. The van der Waals surface area contributed by atoms with Crippen LogP contribution in [0.15, 0.2) is 42.5 Å². The van der Waals surface area contributed by atoms with E-state index in [-0.39, 0.29) is 11.8 Å². The van der Waals surface area contributed by atoms with Gasteiger partial charge >= 0.3 is 0 Å². The van der Waals surface area contributed by atoms with E-state index in [9.17, 15) is 9.59 Å². The summed E-state index contributed by atoms with van der Waals surface area (Å²) in [7, 11) is 0. The van der Waals surface area contributed by atoms with E-state index in [1.165, 1.54) is 5.56 Å². The van der Waals surface area contributed by atoms with Crippen molar-refractivity contribution in [3.63, 3.8) is 0 Å². The Morgan fingerprint density at radius 1 is 1.16 bits per heavy atom. The molecular weight excluding hydrogens is 427 g/mol. The normalized spacial score (nSPS) is 15.0. The maximum atomic E-state index is 12.5. The molecule has 25 heavy (non-hydrogen) atoms. The second kappa shape index (κ2) is 7.99. The van der Waals surface area contributed by atoms with E-state index < -0.39 is 0 Å². The molecule has 5 heteroatoms. The van der Waals surface area contributed by atoms with Crippen LogP contribution in [0.4, 0.5) is 11.4 Å². The van der Waals surface area contributed by atoms with Crippen LogP contribution >= 0.6 is 22.6 Å². The molecule has 0 saturated carbocycles. The first-order chi connectivity index (χ1) is 12.1. The largest absolute Gasteiger partial charge is 0.371 e. The molecule has 130 valence electrons. The standard InChI is InChI=1S/C20H21IN2O2/c1-14-2-5-17(12-19(14)21)22-20(25)16-8-10-23(11-9-16)18-6-3-15(13-24)4-7-18/h2-7,12-13,16H,8-11H2,1H3,(H,22,25). The summed E-state index contributed by atoms with van der Waals surface area (Å²) in [5, 5.41) is 3.05. The van der Waals surface area contributed by atoms with E-state index in [1.54, 1.807) is 0 Å². The summed E-state index contributed by atoms with van der Waals surface area (Å²) < 4.78 is 1.16. The Hall–Kier alpha value is -1.89. The topological polar surface area (TPSA) is 49.4 Å². The van der Waals surface area contributed by atoms with Gasteiger partial charge in [-0.05, 0) is 84.3 Å². The molecular formula is C20H21IN2O2. The van der Waals surface area contributed by atoms with Gasteiger partial charge in [0.25, 0.3) is 0 Å². The first-order valence-corrected chi connectivity index (χ1v) is 9.52. The van der Waals surface area contributed by atoms with Crippen LogP contribution in [0.25, 0.3) is 0 Å². The highest BCUT2D eigenvalue weighted by Gasteiger charge is 2.25. The van der Waals surface area contributed by atoms with Crippen LogP contribution in [0.1, 0.15) is 28.8 Å². The van der Waals surface area contributed by atoms with E-state index in [2.05, 4.69) is 39.7 Å². The third-order valence-corrected chi connectivity index (χ3v) is 5.86. The Morgan fingerprint density at radius 2 is 1.84 bits per heavy atom. The Morgan fingerprint density at radius 3 is 2.44 bits per heavy atom. The molecule has 3 rings (SSSR count). The lowest BCUT2D eigenvalue weighted by molar-refractivity contribution is -0.120. The zero-order valence-corrected chi connectivity index (χ0v) is 16.3. The lowest BCUT2D eigenvalue weighted by Crippen LogP contribution is -2.38. The number of aryl methyl sites for hydroxylation is 1. The number of benzene rings is 2. The van der Waals surface area contributed by atoms with Gasteiger partial charge < -0.3 is 10.2 Å². The van der Waals surface area contributed by atoms with Gasteiger partial charge in [-0.1, -0.05) is 6.07 Å². The monoisotopic (exact) mass is 448 g/mol.